The second-order valence-electron chi connectivity index (χ2n) is 6.99. The Morgan fingerprint density at radius 1 is 0.966 bits per heavy atom. The normalized spacial score (nSPS) is 11.2. The van der Waals surface area contributed by atoms with Crippen LogP contribution in [0.2, 0.25) is 0 Å². The van der Waals surface area contributed by atoms with Gasteiger partial charge in [0.25, 0.3) is 0 Å². The van der Waals surface area contributed by atoms with Gasteiger partial charge in [0.2, 0.25) is 0 Å². The molecular formula is C24H39NO4. The average molecular weight is 406 g/mol. The molecule has 164 valence electrons. The van der Waals surface area contributed by atoms with Gasteiger partial charge in [-0.05, 0) is 63.2 Å². The second-order valence-corrected chi connectivity index (χ2v) is 6.99. The van der Waals surface area contributed by atoms with Crippen molar-refractivity contribution in [3.63, 3.8) is 0 Å². The highest BCUT2D eigenvalue weighted by molar-refractivity contribution is 5.87. The molecule has 1 aromatic carbocycles. The molecular weight excluding hydrogens is 366 g/mol. The highest BCUT2D eigenvalue weighted by atomic mass is 16.5. The Kier molecular flexibility index (Phi) is 13.7. The number of ether oxygens (including phenoxy) is 3. The van der Waals surface area contributed by atoms with Gasteiger partial charge in [0.1, 0.15) is 0 Å². The van der Waals surface area contributed by atoms with E-state index in [-0.39, 0.29) is 5.97 Å². The fraction of sp³-hybridized carbons (Fsp3) is 0.625. The number of hydrogen-bond donors (Lipinski definition) is 0. The lowest BCUT2D eigenvalue weighted by Crippen LogP contribution is -2.23. The summed E-state index contributed by atoms with van der Waals surface area (Å²) in [5.74, 6) is 1.06. The van der Waals surface area contributed by atoms with Crippen molar-refractivity contribution in [2.45, 2.75) is 59.3 Å². The highest BCUT2D eigenvalue weighted by Crippen LogP contribution is 2.28. The SMILES string of the molecule is CCOC(=O)/C=C/c1ccc(OCCCCCCCCN(CC)CC)c(OC)c1. The van der Waals surface area contributed by atoms with Crippen LogP contribution in [-0.2, 0) is 9.53 Å². The topological polar surface area (TPSA) is 48.0 Å². The second kappa shape index (κ2) is 15.9. The van der Waals surface area contributed by atoms with Gasteiger partial charge < -0.3 is 19.1 Å². The number of rotatable bonds is 16. The van der Waals surface area contributed by atoms with E-state index in [9.17, 15) is 4.79 Å². The van der Waals surface area contributed by atoms with E-state index in [0.717, 1.165) is 30.8 Å². The average Bonchev–Trinajstić information content (AvgIpc) is 2.74. The van der Waals surface area contributed by atoms with Gasteiger partial charge in [-0.1, -0.05) is 45.6 Å². The maximum Gasteiger partial charge on any atom is 0.330 e. The Morgan fingerprint density at radius 3 is 2.31 bits per heavy atom. The van der Waals surface area contributed by atoms with Crippen molar-refractivity contribution in [3.8, 4) is 11.5 Å². The molecule has 0 spiro atoms. The zero-order valence-electron chi connectivity index (χ0n) is 18.7. The zero-order valence-corrected chi connectivity index (χ0v) is 18.7. The van der Waals surface area contributed by atoms with Crippen molar-refractivity contribution < 1.29 is 19.0 Å². The van der Waals surface area contributed by atoms with Crippen LogP contribution in [0.5, 0.6) is 11.5 Å². The summed E-state index contributed by atoms with van der Waals surface area (Å²) in [5, 5.41) is 0. The molecule has 0 aliphatic rings. The number of methoxy groups -OCH3 is 1. The van der Waals surface area contributed by atoms with E-state index in [1.165, 1.54) is 44.7 Å². The minimum absolute atomic E-state index is 0.347. The van der Waals surface area contributed by atoms with Gasteiger partial charge in [-0.15, -0.1) is 0 Å². The molecule has 0 saturated carbocycles. The largest absolute Gasteiger partial charge is 0.493 e. The smallest absolute Gasteiger partial charge is 0.330 e. The van der Waals surface area contributed by atoms with Crippen molar-refractivity contribution in [3.05, 3.63) is 29.8 Å². The number of carbonyl (C=O) groups excluding carboxylic acids is 1. The molecule has 0 radical (unpaired) electrons. The lowest BCUT2D eigenvalue weighted by molar-refractivity contribution is -0.137. The third-order valence-corrected chi connectivity index (χ3v) is 4.91. The number of hydrogen-bond acceptors (Lipinski definition) is 5. The van der Waals surface area contributed by atoms with Crippen LogP contribution in [-0.4, -0.2) is 50.8 Å². The summed E-state index contributed by atoms with van der Waals surface area (Å²) < 4.78 is 16.2. The summed E-state index contributed by atoms with van der Waals surface area (Å²) in [6, 6.07) is 5.65. The van der Waals surface area contributed by atoms with Crippen molar-refractivity contribution >= 4 is 12.0 Å². The summed E-state index contributed by atoms with van der Waals surface area (Å²) in [7, 11) is 1.62. The van der Waals surface area contributed by atoms with E-state index in [1.54, 1.807) is 20.1 Å². The summed E-state index contributed by atoms with van der Waals surface area (Å²) in [5.41, 5.74) is 0.868. The molecule has 0 saturated heterocycles. The molecule has 0 fully saturated rings. The molecule has 0 atom stereocenters. The van der Waals surface area contributed by atoms with Gasteiger partial charge in [0.05, 0.1) is 20.3 Å². The monoisotopic (exact) mass is 405 g/mol. The van der Waals surface area contributed by atoms with Crippen LogP contribution in [0.25, 0.3) is 6.08 Å². The Morgan fingerprint density at radius 2 is 1.66 bits per heavy atom. The fourth-order valence-electron chi connectivity index (χ4n) is 3.13. The molecule has 29 heavy (non-hydrogen) atoms. The van der Waals surface area contributed by atoms with Gasteiger partial charge in [-0.2, -0.15) is 0 Å². The minimum atomic E-state index is -0.347. The van der Waals surface area contributed by atoms with Gasteiger partial charge in [0, 0.05) is 6.08 Å². The van der Waals surface area contributed by atoms with Crippen molar-refractivity contribution in [1.29, 1.82) is 0 Å². The summed E-state index contributed by atoms with van der Waals surface area (Å²) in [6.07, 6.45) is 10.5. The molecule has 0 heterocycles. The Hall–Kier alpha value is -2.01. The van der Waals surface area contributed by atoms with Crippen LogP contribution in [0.3, 0.4) is 0 Å². The van der Waals surface area contributed by atoms with Crippen molar-refractivity contribution in [2.75, 3.05) is 40.0 Å². The molecule has 0 aliphatic heterocycles. The molecule has 0 amide bonds. The Bertz CT molecular complexity index is 597. The molecule has 5 nitrogen and oxygen atoms in total. The summed E-state index contributed by atoms with van der Waals surface area (Å²) in [6.45, 7) is 10.8. The lowest BCUT2D eigenvalue weighted by atomic mass is 10.1. The van der Waals surface area contributed by atoms with Crippen LogP contribution in [0.1, 0.15) is 64.9 Å². The minimum Gasteiger partial charge on any atom is -0.493 e. The third kappa shape index (κ3) is 10.9. The summed E-state index contributed by atoms with van der Waals surface area (Å²) >= 11 is 0. The van der Waals surface area contributed by atoms with Crippen LogP contribution in [0, 0.1) is 0 Å². The van der Waals surface area contributed by atoms with E-state index < -0.39 is 0 Å². The molecule has 5 heteroatoms. The number of nitrogens with zero attached hydrogens (tertiary/aromatic N) is 1. The molecule has 0 N–H and O–H groups in total. The van der Waals surface area contributed by atoms with Crippen LogP contribution < -0.4 is 9.47 Å². The summed E-state index contributed by atoms with van der Waals surface area (Å²) in [4.78, 5) is 13.9. The standard InChI is InChI=1S/C24H39NO4/c1-5-25(6-2)18-12-10-8-9-11-13-19-29-22-16-14-21(20-23(22)27-4)15-17-24(26)28-7-3/h14-17,20H,5-13,18-19H2,1-4H3/b17-15+. The number of unbranched alkanes of at least 4 members (excludes halogenated alkanes) is 5. The molecule has 0 bridgehead atoms. The fourth-order valence-corrected chi connectivity index (χ4v) is 3.13. The zero-order chi connectivity index (χ0) is 21.3. The van der Waals surface area contributed by atoms with Gasteiger partial charge in [-0.3, -0.25) is 0 Å². The molecule has 0 aliphatic carbocycles. The van der Waals surface area contributed by atoms with Crippen molar-refractivity contribution in [1.82, 2.24) is 4.90 Å². The number of benzene rings is 1. The van der Waals surface area contributed by atoms with Gasteiger partial charge >= 0.3 is 5.97 Å². The first-order valence-electron chi connectivity index (χ1n) is 11.0. The van der Waals surface area contributed by atoms with Crippen LogP contribution in [0.15, 0.2) is 24.3 Å². The quantitative estimate of drug-likeness (QED) is 0.211. The van der Waals surface area contributed by atoms with E-state index >= 15 is 0 Å². The van der Waals surface area contributed by atoms with Crippen molar-refractivity contribution in [2.24, 2.45) is 0 Å². The highest BCUT2D eigenvalue weighted by Gasteiger charge is 2.05. The van der Waals surface area contributed by atoms with Gasteiger partial charge in [0.15, 0.2) is 11.5 Å². The first-order chi connectivity index (χ1) is 14.1. The van der Waals surface area contributed by atoms with E-state index in [4.69, 9.17) is 14.2 Å². The maximum absolute atomic E-state index is 11.4. The Balaban J connectivity index is 2.26. The van der Waals surface area contributed by atoms with E-state index in [2.05, 4.69) is 18.7 Å². The predicted octanol–water partition coefficient (Wildman–Crippen LogP) is 5.33. The molecule has 1 aromatic rings. The van der Waals surface area contributed by atoms with Crippen LogP contribution >= 0.6 is 0 Å². The Labute approximate surface area is 177 Å². The first kappa shape index (κ1) is 25.0. The molecule has 0 unspecified atom stereocenters. The third-order valence-electron chi connectivity index (χ3n) is 4.91. The first-order valence-corrected chi connectivity index (χ1v) is 11.0. The lowest BCUT2D eigenvalue weighted by Gasteiger charge is -2.17. The maximum atomic E-state index is 11.4. The predicted molar refractivity (Wildman–Crippen MR) is 120 cm³/mol. The van der Waals surface area contributed by atoms with Gasteiger partial charge in [-0.25, -0.2) is 4.79 Å². The molecule has 1 rings (SSSR count). The molecule has 0 aromatic heterocycles. The van der Waals surface area contributed by atoms with E-state index in [0.29, 0.717) is 19.0 Å². The number of esters is 1. The van der Waals surface area contributed by atoms with E-state index in [1.807, 2.05) is 18.2 Å². The number of carbonyl (C=O) groups is 1. The van der Waals surface area contributed by atoms with Crippen LogP contribution in [0.4, 0.5) is 0 Å².